The van der Waals surface area contributed by atoms with Gasteiger partial charge in [0, 0.05) is 25.8 Å². The lowest BCUT2D eigenvalue weighted by atomic mass is 10.4. The molecular formula is C6H14N2O3S. The average molecular weight is 194 g/mol. The van der Waals surface area contributed by atoms with E-state index in [4.69, 9.17) is 5.73 Å². The van der Waals surface area contributed by atoms with Crippen molar-refractivity contribution in [2.24, 2.45) is 5.73 Å². The quantitative estimate of drug-likeness (QED) is 0.503. The predicted octanol–water partition coefficient (Wildman–Crippen LogP) is -1.50. The van der Waals surface area contributed by atoms with Crippen LogP contribution in [0, 0.1) is 0 Å². The van der Waals surface area contributed by atoms with Gasteiger partial charge in [0.05, 0.1) is 5.75 Å². The normalized spacial score (nSPS) is 11.4. The molecule has 0 aromatic carbocycles. The second-order valence-corrected chi connectivity index (χ2v) is 4.86. The molecule has 0 aromatic heterocycles. The van der Waals surface area contributed by atoms with Gasteiger partial charge in [0.25, 0.3) is 0 Å². The van der Waals surface area contributed by atoms with Crippen molar-refractivity contribution in [2.75, 3.05) is 25.1 Å². The highest BCUT2D eigenvalue weighted by Crippen LogP contribution is 1.80. The zero-order valence-corrected chi connectivity index (χ0v) is 7.86. The summed E-state index contributed by atoms with van der Waals surface area (Å²) in [5.41, 5.74) is 4.86. The summed E-state index contributed by atoms with van der Waals surface area (Å²) >= 11 is 0. The van der Waals surface area contributed by atoms with Crippen LogP contribution < -0.4 is 11.1 Å². The van der Waals surface area contributed by atoms with E-state index in [0.29, 0.717) is 13.1 Å². The molecule has 5 nitrogen and oxygen atoms in total. The number of rotatable bonds is 6. The van der Waals surface area contributed by atoms with Crippen molar-refractivity contribution >= 4 is 15.7 Å². The first kappa shape index (κ1) is 11.4. The molecule has 12 heavy (non-hydrogen) atoms. The maximum atomic E-state index is 10.6. The molecule has 0 atom stereocenters. The number of sulfone groups is 1. The van der Waals surface area contributed by atoms with E-state index in [0.717, 1.165) is 0 Å². The monoisotopic (exact) mass is 194 g/mol. The Kier molecular flexibility index (Phi) is 4.84. The number of carbonyl (C=O) groups excluding carboxylic acids is 1. The maximum Gasteiger partial charge on any atom is 0.218 e. The third-order valence-electron chi connectivity index (χ3n) is 1.20. The molecule has 0 spiro atoms. The molecular weight excluding hydrogens is 180 g/mol. The number of hydrogen-bond acceptors (Lipinski definition) is 4. The van der Waals surface area contributed by atoms with Gasteiger partial charge in [-0.05, 0) is 0 Å². The lowest BCUT2D eigenvalue weighted by molar-refractivity contribution is -0.117. The van der Waals surface area contributed by atoms with Gasteiger partial charge in [0.15, 0.2) is 0 Å². The van der Waals surface area contributed by atoms with Crippen LogP contribution in [0.3, 0.4) is 0 Å². The van der Waals surface area contributed by atoms with E-state index in [2.05, 4.69) is 5.32 Å². The molecule has 1 amide bonds. The van der Waals surface area contributed by atoms with E-state index >= 15 is 0 Å². The van der Waals surface area contributed by atoms with E-state index in [1.54, 1.807) is 0 Å². The molecule has 0 radical (unpaired) electrons. The Morgan fingerprint density at radius 3 is 2.42 bits per heavy atom. The van der Waals surface area contributed by atoms with Crippen LogP contribution in [0.2, 0.25) is 0 Å². The minimum absolute atomic E-state index is 0.0890. The average Bonchev–Trinajstić information content (AvgIpc) is 1.83. The van der Waals surface area contributed by atoms with Crippen LogP contribution in [0.4, 0.5) is 0 Å². The molecule has 3 N–H and O–H groups in total. The summed E-state index contributed by atoms with van der Waals surface area (Å²) in [6, 6.07) is 0. The molecule has 72 valence electrons. The molecule has 0 aliphatic heterocycles. The lowest BCUT2D eigenvalue weighted by Crippen LogP contribution is -2.26. The van der Waals surface area contributed by atoms with Crippen LogP contribution in [-0.2, 0) is 14.6 Å². The van der Waals surface area contributed by atoms with E-state index in [1.165, 1.54) is 6.26 Å². The molecule has 0 unspecified atom stereocenters. The summed E-state index contributed by atoms with van der Waals surface area (Å²) in [6.07, 6.45) is 1.41. The number of carbonyl (C=O) groups is 1. The third-order valence-corrected chi connectivity index (χ3v) is 2.14. The Labute approximate surface area is 72.2 Å². The topological polar surface area (TPSA) is 89.3 Å². The van der Waals surface area contributed by atoms with Crippen molar-refractivity contribution in [3.05, 3.63) is 0 Å². The van der Waals surface area contributed by atoms with Crippen molar-refractivity contribution in [3.63, 3.8) is 0 Å². The van der Waals surface area contributed by atoms with Crippen molar-refractivity contribution in [3.8, 4) is 0 Å². The molecule has 0 fully saturated rings. The van der Waals surface area contributed by atoms with Gasteiger partial charge in [-0.2, -0.15) is 0 Å². The summed E-state index contributed by atoms with van der Waals surface area (Å²) in [5, 5.41) is 2.79. The Morgan fingerprint density at radius 1 is 1.42 bits per heavy atom. The van der Waals surface area contributed by atoms with Gasteiger partial charge in [0.2, 0.25) is 5.91 Å². The zero-order chi connectivity index (χ0) is 9.61. The molecule has 0 aromatic rings. The Morgan fingerprint density at radius 2 is 2.00 bits per heavy atom. The van der Waals surface area contributed by atoms with Gasteiger partial charge in [-0.15, -0.1) is 0 Å². The standard InChI is InChI=1S/C6H14N2O3S/c1-12(10,11)5-4-8-3-2-6(7)9/h8H,2-5H2,1H3,(H2,7,9). The molecule has 0 aliphatic rings. The van der Waals surface area contributed by atoms with E-state index in [-0.39, 0.29) is 18.1 Å². The van der Waals surface area contributed by atoms with Gasteiger partial charge < -0.3 is 11.1 Å². The molecule has 6 heteroatoms. The van der Waals surface area contributed by atoms with Crippen LogP contribution >= 0.6 is 0 Å². The number of hydrogen-bond donors (Lipinski definition) is 2. The van der Waals surface area contributed by atoms with Gasteiger partial charge in [-0.3, -0.25) is 4.79 Å². The van der Waals surface area contributed by atoms with Crippen LogP contribution in [0.5, 0.6) is 0 Å². The van der Waals surface area contributed by atoms with Crippen LogP contribution in [0.15, 0.2) is 0 Å². The van der Waals surface area contributed by atoms with Crippen molar-refractivity contribution in [2.45, 2.75) is 6.42 Å². The van der Waals surface area contributed by atoms with E-state index < -0.39 is 9.84 Å². The van der Waals surface area contributed by atoms with E-state index in [1.807, 2.05) is 0 Å². The molecule has 0 aliphatic carbocycles. The largest absolute Gasteiger partial charge is 0.370 e. The summed E-state index contributed by atoms with van der Waals surface area (Å²) in [6.45, 7) is 0.803. The highest BCUT2D eigenvalue weighted by Gasteiger charge is 2.00. The first-order valence-electron chi connectivity index (χ1n) is 3.58. The number of primary amides is 1. The zero-order valence-electron chi connectivity index (χ0n) is 7.04. The fourth-order valence-corrected chi connectivity index (χ4v) is 1.11. The van der Waals surface area contributed by atoms with Crippen molar-refractivity contribution in [1.82, 2.24) is 5.32 Å². The number of amides is 1. The number of nitrogens with two attached hydrogens (primary N) is 1. The SMILES string of the molecule is CS(=O)(=O)CCNCCC(N)=O. The Balaban J connectivity index is 3.29. The predicted molar refractivity (Wildman–Crippen MR) is 46.4 cm³/mol. The van der Waals surface area contributed by atoms with Gasteiger partial charge >= 0.3 is 0 Å². The first-order valence-corrected chi connectivity index (χ1v) is 5.64. The van der Waals surface area contributed by atoms with Gasteiger partial charge in [-0.25, -0.2) is 8.42 Å². The minimum atomic E-state index is -2.90. The first-order chi connectivity index (χ1) is 5.42. The lowest BCUT2D eigenvalue weighted by Gasteiger charge is -2.00. The highest BCUT2D eigenvalue weighted by atomic mass is 32.2. The Hall–Kier alpha value is -0.620. The Bertz CT molecular complexity index is 235. The van der Waals surface area contributed by atoms with E-state index in [9.17, 15) is 13.2 Å². The molecule has 0 heterocycles. The molecule has 0 bridgehead atoms. The van der Waals surface area contributed by atoms with Crippen LogP contribution in [-0.4, -0.2) is 39.4 Å². The van der Waals surface area contributed by atoms with Crippen molar-refractivity contribution in [1.29, 1.82) is 0 Å². The molecule has 0 saturated carbocycles. The smallest absolute Gasteiger partial charge is 0.218 e. The molecule has 0 rings (SSSR count). The minimum Gasteiger partial charge on any atom is -0.370 e. The van der Waals surface area contributed by atoms with Gasteiger partial charge in [0.1, 0.15) is 9.84 Å². The van der Waals surface area contributed by atoms with Crippen LogP contribution in [0.25, 0.3) is 0 Å². The highest BCUT2D eigenvalue weighted by molar-refractivity contribution is 7.90. The summed E-state index contributed by atoms with van der Waals surface area (Å²) < 4.78 is 21.2. The fourth-order valence-electron chi connectivity index (χ4n) is 0.594. The third kappa shape index (κ3) is 9.38. The summed E-state index contributed by atoms with van der Waals surface area (Å²) in [5.74, 6) is -0.298. The van der Waals surface area contributed by atoms with Crippen LogP contribution in [0.1, 0.15) is 6.42 Å². The fraction of sp³-hybridized carbons (Fsp3) is 0.833. The summed E-state index contributed by atoms with van der Waals surface area (Å²) in [7, 11) is -2.90. The summed E-state index contributed by atoms with van der Waals surface area (Å²) in [4.78, 5) is 10.2. The number of nitrogens with one attached hydrogen (secondary N) is 1. The molecule has 0 saturated heterocycles. The van der Waals surface area contributed by atoms with Crippen molar-refractivity contribution < 1.29 is 13.2 Å². The second kappa shape index (κ2) is 5.10. The second-order valence-electron chi connectivity index (χ2n) is 2.60. The maximum absolute atomic E-state index is 10.6. The van der Waals surface area contributed by atoms with Gasteiger partial charge in [-0.1, -0.05) is 0 Å².